The fourth-order valence-electron chi connectivity index (χ4n) is 7.60. The third-order valence-electron chi connectivity index (χ3n) is 9.96. The largest absolute Gasteiger partial charge is 0.310 e. The first kappa shape index (κ1) is 29.0. The number of benzene rings is 8. The summed E-state index contributed by atoms with van der Waals surface area (Å²) in [4.78, 5) is 2.46. The molecule has 1 aliphatic rings. The molecule has 8 aromatic rings. The van der Waals surface area contributed by atoms with E-state index < -0.39 is 0 Å². The normalized spacial score (nSPS) is 14.3. The van der Waals surface area contributed by atoms with Crippen LogP contribution in [-0.4, -0.2) is 0 Å². The molecule has 0 fully saturated rings. The van der Waals surface area contributed by atoms with Crippen LogP contribution in [0.15, 0.2) is 200 Å². The fraction of sp³-hybridized carbons (Fsp3) is 0.0417. The molecular formula is C48H35N. The lowest BCUT2D eigenvalue weighted by Gasteiger charge is -2.31. The number of nitrogens with zero attached hydrogens (tertiary/aromatic N) is 1. The molecule has 8 aromatic carbocycles. The Balaban J connectivity index is 1.28. The van der Waals surface area contributed by atoms with Crippen molar-refractivity contribution in [1.29, 1.82) is 0 Å². The van der Waals surface area contributed by atoms with Crippen LogP contribution in [0.3, 0.4) is 0 Å². The van der Waals surface area contributed by atoms with E-state index in [1.165, 1.54) is 71.5 Å². The Morgan fingerprint density at radius 1 is 0.469 bits per heavy atom. The van der Waals surface area contributed by atoms with Crippen molar-refractivity contribution in [3.05, 3.63) is 205 Å². The molecule has 232 valence electrons. The summed E-state index contributed by atoms with van der Waals surface area (Å²) in [5, 5.41) is 7.50. The van der Waals surface area contributed by atoms with Crippen LogP contribution in [0.2, 0.25) is 0 Å². The van der Waals surface area contributed by atoms with Gasteiger partial charge in [-0.05, 0) is 91.5 Å². The Bertz CT molecular complexity index is 2460. The predicted octanol–water partition coefficient (Wildman–Crippen LogP) is 13.2. The number of hydrogen-bond acceptors (Lipinski definition) is 1. The van der Waals surface area contributed by atoms with Gasteiger partial charge in [-0.3, -0.25) is 0 Å². The van der Waals surface area contributed by atoms with Crippen molar-refractivity contribution >= 4 is 43.7 Å². The van der Waals surface area contributed by atoms with Crippen LogP contribution in [-0.2, 0) is 0 Å². The van der Waals surface area contributed by atoms with E-state index in [-0.39, 0.29) is 0 Å². The number of fused-ring (bicyclic) bond motifs is 3. The molecular weight excluding hydrogens is 591 g/mol. The SMILES string of the molecule is C1=CC(c2ccccc2)CC=C1N(c1ccc(-c2c3ccccc3cc3ccccc23)c(-c2ccccc2)c1)c1cccc2ccccc12. The van der Waals surface area contributed by atoms with Gasteiger partial charge in [0.05, 0.1) is 5.69 Å². The summed E-state index contributed by atoms with van der Waals surface area (Å²) in [6, 6.07) is 64.0. The average Bonchev–Trinajstić information content (AvgIpc) is 3.18. The molecule has 0 amide bonds. The maximum atomic E-state index is 2.46. The minimum absolute atomic E-state index is 0.362. The molecule has 49 heavy (non-hydrogen) atoms. The summed E-state index contributed by atoms with van der Waals surface area (Å²) in [5.41, 5.74) is 9.78. The zero-order chi connectivity index (χ0) is 32.6. The molecule has 0 aliphatic heterocycles. The Kier molecular flexibility index (Phi) is 7.37. The van der Waals surface area contributed by atoms with Gasteiger partial charge in [0.15, 0.2) is 0 Å². The zero-order valence-corrected chi connectivity index (χ0v) is 27.2. The van der Waals surface area contributed by atoms with Crippen molar-refractivity contribution in [1.82, 2.24) is 0 Å². The lowest BCUT2D eigenvalue weighted by molar-refractivity contribution is 0.840. The first-order chi connectivity index (χ1) is 24.3. The van der Waals surface area contributed by atoms with E-state index in [1.807, 2.05) is 0 Å². The second-order valence-corrected chi connectivity index (χ2v) is 12.9. The van der Waals surface area contributed by atoms with Crippen LogP contribution < -0.4 is 4.90 Å². The molecule has 1 atom stereocenters. The Morgan fingerprint density at radius 3 is 1.78 bits per heavy atom. The zero-order valence-electron chi connectivity index (χ0n) is 27.2. The number of rotatable bonds is 6. The average molecular weight is 626 g/mol. The van der Waals surface area contributed by atoms with Crippen molar-refractivity contribution in [2.75, 3.05) is 4.90 Å². The summed E-state index contributed by atoms with van der Waals surface area (Å²) < 4.78 is 0. The van der Waals surface area contributed by atoms with Crippen molar-refractivity contribution in [3.8, 4) is 22.3 Å². The molecule has 0 bridgehead atoms. The summed E-state index contributed by atoms with van der Waals surface area (Å²) in [5.74, 6) is 0.362. The van der Waals surface area contributed by atoms with Crippen molar-refractivity contribution < 1.29 is 0 Å². The lowest BCUT2D eigenvalue weighted by Crippen LogP contribution is -2.18. The summed E-state index contributed by atoms with van der Waals surface area (Å²) in [6.45, 7) is 0. The summed E-state index contributed by atoms with van der Waals surface area (Å²) in [6.07, 6.45) is 8.05. The fourth-order valence-corrected chi connectivity index (χ4v) is 7.60. The highest BCUT2D eigenvalue weighted by Crippen LogP contribution is 2.45. The van der Waals surface area contributed by atoms with Crippen LogP contribution in [0, 0.1) is 0 Å². The molecule has 0 aromatic heterocycles. The van der Waals surface area contributed by atoms with Crippen molar-refractivity contribution in [2.24, 2.45) is 0 Å². The van der Waals surface area contributed by atoms with Gasteiger partial charge in [0.25, 0.3) is 0 Å². The van der Waals surface area contributed by atoms with Gasteiger partial charge < -0.3 is 4.90 Å². The smallest absolute Gasteiger partial charge is 0.0539 e. The standard InChI is InChI=1S/C48H35N/c1-3-14-34(15-4-1)35-26-28-40(29-27-35)49(47-25-13-21-36-18-7-10-22-42(36)47)41-30-31-45(46(33-41)37-16-5-2-6-17-37)48-43-23-11-8-19-38(43)32-39-20-9-12-24-44(39)48/h1-26,28-33,35H,27H2. The number of anilines is 2. The van der Waals surface area contributed by atoms with Gasteiger partial charge >= 0.3 is 0 Å². The molecule has 0 heterocycles. The minimum Gasteiger partial charge on any atom is -0.310 e. The van der Waals surface area contributed by atoms with Gasteiger partial charge in [-0.2, -0.15) is 0 Å². The van der Waals surface area contributed by atoms with Crippen LogP contribution in [0.1, 0.15) is 17.9 Å². The molecule has 1 aliphatic carbocycles. The number of hydrogen-bond donors (Lipinski definition) is 0. The molecule has 9 rings (SSSR count). The summed E-state index contributed by atoms with van der Waals surface area (Å²) >= 11 is 0. The highest BCUT2D eigenvalue weighted by molar-refractivity contribution is 6.15. The van der Waals surface area contributed by atoms with E-state index in [4.69, 9.17) is 0 Å². The van der Waals surface area contributed by atoms with Crippen LogP contribution in [0.5, 0.6) is 0 Å². The first-order valence-corrected chi connectivity index (χ1v) is 17.1. The Hall–Kier alpha value is -6.18. The van der Waals surface area contributed by atoms with E-state index in [0.717, 1.165) is 12.1 Å². The van der Waals surface area contributed by atoms with Crippen molar-refractivity contribution in [2.45, 2.75) is 12.3 Å². The monoisotopic (exact) mass is 625 g/mol. The van der Waals surface area contributed by atoms with Crippen LogP contribution in [0.4, 0.5) is 11.4 Å². The van der Waals surface area contributed by atoms with Gasteiger partial charge in [0, 0.05) is 22.7 Å². The molecule has 0 N–H and O–H groups in total. The molecule has 0 saturated heterocycles. The van der Waals surface area contributed by atoms with Gasteiger partial charge in [-0.15, -0.1) is 0 Å². The topological polar surface area (TPSA) is 3.24 Å². The lowest BCUT2D eigenvalue weighted by atomic mass is 9.87. The second kappa shape index (κ2) is 12.4. The predicted molar refractivity (Wildman–Crippen MR) is 209 cm³/mol. The molecule has 0 radical (unpaired) electrons. The number of allylic oxidation sites excluding steroid dienone is 3. The Morgan fingerprint density at radius 2 is 1.08 bits per heavy atom. The first-order valence-electron chi connectivity index (χ1n) is 17.1. The van der Waals surface area contributed by atoms with Gasteiger partial charge in [-0.1, -0.05) is 164 Å². The highest BCUT2D eigenvalue weighted by Gasteiger charge is 2.22. The van der Waals surface area contributed by atoms with E-state index in [1.54, 1.807) is 0 Å². The van der Waals surface area contributed by atoms with E-state index in [9.17, 15) is 0 Å². The van der Waals surface area contributed by atoms with Crippen molar-refractivity contribution in [3.63, 3.8) is 0 Å². The maximum Gasteiger partial charge on any atom is 0.0539 e. The summed E-state index contributed by atoms with van der Waals surface area (Å²) in [7, 11) is 0. The Labute approximate surface area is 287 Å². The quantitative estimate of drug-likeness (QED) is 0.166. The van der Waals surface area contributed by atoms with Crippen LogP contribution in [0.25, 0.3) is 54.6 Å². The van der Waals surface area contributed by atoms with E-state index in [2.05, 4.69) is 199 Å². The highest BCUT2D eigenvalue weighted by atomic mass is 15.1. The second-order valence-electron chi connectivity index (χ2n) is 12.9. The minimum atomic E-state index is 0.362. The van der Waals surface area contributed by atoms with Gasteiger partial charge in [0.1, 0.15) is 0 Å². The third-order valence-corrected chi connectivity index (χ3v) is 9.96. The molecule has 0 spiro atoms. The molecule has 0 saturated carbocycles. The van der Waals surface area contributed by atoms with E-state index in [0.29, 0.717) is 5.92 Å². The maximum absolute atomic E-state index is 2.46. The van der Waals surface area contributed by atoms with Gasteiger partial charge in [0.2, 0.25) is 0 Å². The molecule has 1 heteroatoms. The van der Waals surface area contributed by atoms with Gasteiger partial charge in [-0.25, -0.2) is 0 Å². The van der Waals surface area contributed by atoms with E-state index >= 15 is 0 Å². The third kappa shape index (κ3) is 5.30. The molecule has 1 unspecified atom stereocenters. The van der Waals surface area contributed by atoms with Crippen LogP contribution >= 0.6 is 0 Å². The molecule has 1 nitrogen and oxygen atoms in total.